The molecule has 0 fully saturated rings. The van der Waals surface area contributed by atoms with E-state index in [-0.39, 0.29) is 11.9 Å². The van der Waals surface area contributed by atoms with E-state index in [1.807, 2.05) is 72.8 Å². The number of hydrogen-bond donors (Lipinski definition) is 0. The second kappa shape index (κ2) is 10.0. The zero-order valence-electron chi connectivity index (χ0n) is 16.9. The van der Waals surface area contributed by atoms with Crippen LogP contribution < -0.4 is 0 Å². The minimum atomic E-state index is -0.339. The second-order valence-electron chi connectivity index (χ2n) is 6.56. The molecule has 0 aliphatic heterocycles. The van der Waals surface area contributed by atoms with Crippen molar-refractivity contribution in [1.29, 1.82) is 0 Å². The number of esters is 2. The van der Waals surface area contributed by atoms with Gasteiger partial charge in [0.15, 0.2) is 0 Å². The summed E-state index contributed by atoms with van der Waals surface area (Å²) in [6.07, 6.45) is 8.03. The highest BCUT2D eigenvalue weighted by atomic mass is 16.5. The van der Waals surface area contributed by atoms with Gasteiger partial charge in [-0.25, -0.2) is 9.59 Å². The molecule has 150 valence electrons. The lowest BCUT2D eigenvalue weighted by Gasteiger charge is -2.00. The molecule has 0 atom stereocenters. The van der Waals surface area contributed by atoms with Crippen molar-refractivity contribution in [3.05, 3.63) is 106 Å². The van der Waals surface area contributed by atoms with E-state index >= 15 is 0 Å². The third-order valence-corrected chi connectivity index (χ3v) is 4.54. The van der Waals surface area contributed by atoms with Crippen molar-refractivity contribution in [1.82, 2.24) is 0 Å². The van der Waals surface area contributed by atoms with E-state index in [1.54, 1.807) is 24.3 Å². The Labute approximate surface area is 176 Å². The lowest BCUT2D eigenvalue weighted by molar-refractivity contribution is 0.0592. The molecule has 0 unspecified atom stereocenters. The summed E-state index contributed by atoms with van der Waals surface area (Å²) in [5, 5.41) is 0. The van der Waals surface area contributed by atoms with Crippen LogP contribution in [0.25, 0.3) is 24.3 Å². The normalized spacial score (nSPS) is 11.0. The van der Waals surface area contributed by atoms with Crippen molar-refractivity contribution in [2.75, 3.05) is 14.2 Å². The topological polar surface area (TPSA) is 52.6 Å². The van der Waals surface area contributed by atoms with E-state index < -0.39 is 0 Å². The summed E-state index contributed by atoms with van der Waals surface area (Å²) in [4.78, 5) is 22.9. The second-order valence-corrected chi connectivity index (χ2v) is 6.56. The Kier molecular flexibility index (Phi) is 6.95. The number of ether oxygens (including phenoxy) is 2. The van der Waals surface area contributed by atoms with Crippen molar-refractivity contribution < 1.29 is 19.1 Å². The molecular weight excluding hydrogens is 376 g/mol. The summed E-state index contributed by atoms with van der Waals surface area (Å²) in [5.41, 5.74) is 5.22. The molecule has 0 saturated heterocycles. The molecule has 0 amide bonds. The van der Waals surface area contributed by atoms with Crippen LogP contribution in [0, 0.1) is 0 Å². The van der Waals surface area contributed by atoms with Crippen molar-refractivity contribution in [2.24, 2.45) is 0 Å². The maximum atomic E-state index is 11.5. The highest BCUT2D eigenvalue weighted by Gasteiger charge is 2.04. The van der Waals surface area contributed by atoms with Crippen LogP contribution in [0.4, 0.5) is 0 Å². The predicted molar refractivity (Wildman–Crippen MR) is 120 cm³/mol. The lowest BCUT2D eigenvalue weighted by atomic mass is 10.1. The van der Waals surface area contributed by atoms with Crippen molar-refractivity contribution in [3.63, 3.8) is 0 Å². The molecule has 4 nitrogen and oxygen atoms in total. The Bertz CT molecular complexity index is 969. The molecule has 0 radical (unpaired) electrons. The fourth-order valence-electron chi connectivity index (χ4n) is 2.80. The first kappa shape index (κ1) is 20.8. The van der Waals surface area contributed by atoms with Crippen LogP contribution in [0.5, 0.6) is 0 Å². The molecule has 0 saturated carbocycles. The van der Waals surface area contributed by atoms with Gasteiger partial charge in [-0.1, -0.05) is 72.8 Å². The fraction of sp³-hybridized carbons (Fsp3) is 0.0769. The summed E-state index contributed by atoms with van der Waals surface area (Å²) < 4.78 is 9.41. The lowest BCUT2D eigenvalue weighted by Crippen LogP contribution is -2.00. The van der Waals surface area contributed by atoms with Gasteiger partial charge in [0.1, 0.15) is 0 Å². The van der Waals surface area contributed by atoms with E-state index in [9.17, 15) is 9.59 Å². The summed E-state index contributed by atoms with van der Waals surface area (Å²) in [6.45, 7) is 0. The minimum absolute atomic E-state index is 0.339. The molecule has 30 heavy (non-hydrogen) atoms. The largest absolute Gasteiger partial charge is 0.465 e. The first-order chi connectivity index (χ1) is 14.6. The first-order valence-corrected chi connectivity index (χ1v) is 9.42. The zero-order chi connectivity index (χ0) is 21.3. The monoisotopic (exact) mass is 398 g/mol. The molecule has 0 bridgehead atoms. The van der Waals surface area contributed by atoms with Gasteiger partial charge in [-0.3, -0.25) is 0 Å². The van der Waals surface area contributed by atoms with Crippen LogP contribution in [0.2, 0.25) is 0 Å². The number of carbonyl (C=O) groups excluding carboxylic acids is 2. The smallest absolute Gasteiger partial charge is 0.337 e. The number of methoxy groups -OCH3 is 2. The molecule has 4 heteroatoms. The Morgan fingerprint density at radius 3 is 0.967 bits per heavy atom. The molecule has 0 spiro atoms. The quantitative estimate of drug-likeness (QED) is 0.401. The van der Waals surface area contributed by atoms with Crippen LogP contribution in [-0.2, 0) is 9.47 Å². The van der Waals surface area contributed by atoms with Crippen molar-refractivity contribution >= 4 is 36.2 Å². The number of hydrogen-bond acceptors (Lipinski definition) is 4. The van der Waals surface area contributed by atoms with E-state index in [4.69, 9.17) is 9.47 Å². The number of rotatable bonds is 6. The number of carbonyl (C=O) groups is 2. The van der Waals surface area contributed by atoms with Gasteiger partial charge in [0.25, 0.3) is 0 Å². The molecule has 3 aromatic rings. The van der Waals surface area contributed by atoms with E-state index in [2.05, 4.69) is 0 Å². The van der Waals surface area contributed by atoms with Gasteiger partial charge in [0, 0.05) is 0 Å². The van der Waals surface area contributed by atoms with Gasteiger partial charge in [0.2, 0.25) is 0 Å². The van der Waals surface area contributed by atoms with Gasteiger partial charge in [-0.2, -0.15) is 0 Å². The zero-order valence-corrected chi connectivity index (χ0v) is 16.9. The summed E-state index contributed by atoms with van der Waals surface area (Å²) in [5.74, 6) is -0.679. The van der Waals surface area contributed by atoms with E-state index in [1.165, 1.54) is 14.2 Å². The Morgan fingerprint density at radius 2 is 0.733 bits per heavy atom. The average molecular weight is 398 g/mol. The minimum Gasteiger partial charge on any atom is -0.465 e. The Hall–Kier alpha value is -3.92. The predicted octanol–water partition coefficient (Wildman–Crippen LogP) is 5.60. The molecule has 3 aromatic carbocycles. The molecule has 0 aliphatic rings. The third kappa shape index (κ3) is 5.55. The fourth-order valence-corrected chi connectivity index (χ4v) is 2.80. The van der Waals surface area contributed by atoms with Gasteiger partial charge in [-0.15, -0.1) is 0 Å². The summed E-state index contributed by atoms with van der Waals surface area (Å²) >= 11 is 0. The van der Waals surface area contributed by atoms with E-state index in [0.717, 1.165) is 22.3 Å². The van der Waals surface area contributed by atoms with Crippen molar-refractivity contribution in [3.8, 4) is 0 Å². The summed E-state index contributed by atoms with van der Waals surface area (Å²) in [7, 11) is 2.74. The molecule has 0 heterocycles. The molecule has 3 rings (SSSR count). The van der Waals surface area contributed by atoms with Gasteiger partial charge >= 0.3 is 11.9 Å². The molecular formula is C26H22O4. The van der Waals surface area contributed by atoms with Gasteiger partial charge in [0.05, 0.1) is 25.3 Å². The standard InChI is InChI=1S/C26H22O4/c1-29-25(27)23-15-11-21(12-16-23)9-7-19-3-5-20(6-4-19)8-10-22-13-17-24(18-14-22)26(28)30-2/h3-18H,1-2H3. The molecule has 0 N–H and O–H groups in total. The van der Waals surface area contributed by atoms with Crippen LogP contribution in [0.15, 0.2) is 72.8 Å². The van der Waals surface area contributed by atoms with Gasteiger partial charge < -0.3 is 9.47 Å². The Morgan fingerprint density at radius 1 is 0.500 bits per heavy atom. The van der Waals surface area contributed by atoms with Crippen LogP contribution >= 0.6 is 0 Å². The van der Waals surface area contributed by atoms with Crippen LogP contribution in [0.1, 0.15) is 43.0 Å². The van der Waals surface area contributed by atoms with Crippen LogP contribution in [0.3, 0.4) is 0 Å². The van der Waals surface area contributed by atoms with E-state index in [0.29, 0.717) is 11.1 Å². The SMILES string of the molecule is COC(=O)c1ccc(C=Cc2ccc(C=Cc3ccc(C(=O)OC)cc3)cc2)cc1. The average Bonchev–Trinajstić information content (AvgIpc) is 2.81. The Balaban J connectivity index is 1.62. The first-order valence-electron chi connectivity index (χ1n) is 9.42. The molecule has 0 aliphatic carbocycles. The highest BCUT2D eigenvalue weighted by molar-refractivity contribution is 5.90. The molecule has 0 aromatic heterocycles. The summed E-state index contributed by atoms with van der Waals surface area (Å²) in [6, 6.07) is 22.7. The van der Waals surface area contributed by atoms with Crippen LogP contribution in [-0.4, -0.2) is 26.2 Å². The maximum absolute atomic E-state index is 11.5. The maximum Gasteiger partial charge on any atom is 0.337 e. The third-order valence-electron chi connectivity index (χ3n) is 4.54. The van der Waals surface area contributed by atoms with Gasteiger partial charge in [-0.05, 0) is 46.5 Å². The number of benzene rings is 3. The van der Waals surface area contributed by atoms with Crippen molar-refractivity contribution in [2.45, 2.75) is 0 Å². The highest BCUT2D eigenvalue weighted by Crippen LogP contribution is 2.14.